The highest BCUT2D eigenvalue weighted by Crippen LogP contribution is 2.17. The molecule has 0 amide bonds. The molecule has 1 aromatic carbocycles. The maximum absolute atomic E-state index is 12.6. The molecule has 4 nitrogen and oxygen atoms in total. The van der Waals surface area contributed by atoms with Crippen molar-refractivity contribution in [2.24, 2.45) is 0 Å². The van der Waals surface area contributed by atoms with Crippen molar-refractivity contribution in [3.8, 4) is 0 Å². The summed E-state index contributed by atoms with van der Waals surface area (Å²) in [6.45, 7) is 0. The summed E-state index contributed by atoms with van der Waals surface area (Å²) in [5.74, 6) is -0.884. The Bertz CT molecular complexity index is 338. The Hall–Kier alpha value is -1.78. The molecule has 1 rings (SSSR count). The van der Waals surface area contributed by atoms with Gasteiger partial charge in [-0.25, -0.2) is 0 Å². The fourth-order valence-corrected chi connectivity index (χ4v) is 0.759. The number of nitro groups is 1. The molecule has 0 aliphatic rings. The van der Waals surface area contributed by atoms with E-state index in [4.69, 9.17) is 5.41 Å². The van der Waals surface area contributed by atoms with Gasteiger partial charge in [0.05, 0.1) is 4.92 Å². The first-order valence-corrected chi connectivity index (χ1v) is 3.09. The van der Waals surface area contributed by atoms with Crippen molar-refractivity contribution < 1.29 is 9.31 Å². The first-order valence-electron chi connectivity index (χ1n) is 3.09. The van der Waals surface area contributed by atoms with Crippen LogP contribution >= 0.6 is 0 Å². The lowest BCUT2D eigenvalue weighted by Crippen LogP contribution is -1.93. The zero-order chi connectivity index (χ0) is 9.14. The number of hydrogen-bond donors (Lipinski definition) is 1. The van der Waals surface area contributed by atoms with Crippen molar-refractivity contribution in [2.45, 2.75) is 0 Å². The van der Waals surface area contributed by atoms with Gasteiger partial charge in [0.1, 0.15) is 0 Å². The average Bonchev–Trinajstić information content (AvgIpc) is 2.05. The van der Waals surface area contributed by atoms with Crippen LogP contribution in [0.25, 0.3) is 0 Å². The molecule has 1 N–H and O–H groups in total. The largest absolute Gasteiger partial charge is 0.308 e. The average molecular weight is 168 g/mol. The Kier molecular flexibility index (Phi) is 2.14. The summed E-state index contributed by atoms with van der Waals surface area (Å²) < 4.78 is 12.6. The molecule has 5 heteroatoms. The van der Waals surface area contributed by atoms with Crippen LogP contribution in [0.5, 0.6) is 0 Å². The molecule has 0 heterocycles. The summed E-state index contributed by atoms with van der Waals surface area (Å²) in [7, 11) is 0. The molecule has 0 spiro atoms. The first-order chi connectivity index (χ1) is 5.65. The van der Waals surface area contributed by atoms with Crippen LogP contribution in [0.2, 0.25) is 0 Å². The summed E-state index contributed by atoms with van der Waals surface area (Å²) in [5.41, 5.74) is -0.292. The standard InChI is InChI=1S/C7H5FN2O2/c8-6-2-1-5(4-9)3-7(6)10(11)12/h1-4,9H. The highest BCUT2D eigenvalue weighted by Gasteiger charge is 2.12. The fourth-order valence-electron chi connectivity index (χ4n) is 0.759. The molecule has 62 valence electrons. The third-order valence-electron chi connectivity index (χ3n) is 1.33. The number of nitrogens with one attached hydrogen (secondary N) is 1. The van der Waals surface area contributed by atoms with Gasteiger partial charge < -0.3 is 5.41 Å². The van der Waals surface area contributed by atoms with Crippen molar-refractivity contribution in [1.82, 2.24) is 0 Å². The highest BCUT2D eigenvalue weighted by atomic mass is 19.1. The van der Waals surface area contributed by atoms with E-state index in [9.17, 15) is 14.5 Å². The molecule has 12 heavy (non-hydrogen) atoms. The summed E-state index contributed by atoms with van der Waals surface area (Å²) >= 11 is 0. The van der Waals surface area contributed by atoms with Crippen LogP contribution in [0.15, 0.2) is 18.2 Å². The minimum absolute atomic E-state index is 0.308. The topological polar surface area (TPSA) is 67.0 Å². The van der Waals surface area contributed by atoms with Gasteiger partial charge in [0.25, 0.3) is 0 Å². The highest BCUT2D eigenvalue weighted by molar-refractivity contribution is 5.78. The van der Waals surface area contributed by atoms with E-state index in [-0.39, 0.29) is 0 Å². The van der Waals surface area contributed by atoms with E-state index in [1.54, 1.807) is 0 Å². The van der Waals surface area contributed by atoms with E-state index in [2.05, 4.69) is 0 Å². The predicted molar refractivity (Wildman–Crippen MR) is 40.9 cm³/mol. The molecule has 0 atom stereocenters. The van der Waals surface area contributed by atoms with Crippen LogP contribution in [0.3, 0.4) is 0 Å². The number of rotatable bonds is 2. The Morgan fingerprint density at radius 2 is 2.25 bits per heavy atom. The van der Waals surface area contributed by atoms with Gasteiger partial charge in [0, 0.05) is 12.3 Å². The van der Waals surface area contributed by atoms with Crippen molar-refractivity contribution in [1.29, 1.82) is 5.41 Å². The molecule has 0 bridgehead atoms. The summed E-state index contributed by atoms with van der Waals surface area (Å²) in [6, 6.07) is 3.29. The van der Waals surface area contributed by atoms with Gasteiger partial charge in [-0.1, -0.05) is 6.07 Å². The quantitative estimate of drug-likeness (QED) is 0.415. The number of nitro benzene ring substituents is 1. The van der Waals surface area contributed by atoms with E-state index >= 15 is 0 Å². The zero-order valence-electron chi connectivity index (χ0n) is 5.95. The van der Waals surface area contributed by atoms with Gasteiger partial charge in [-0.2, -0.15) is 4.39 Å². The van der Waals surface area contributed by atoms with E-state index in [0.29, 0.717) is 5.56 Å². The Labute approximate surface area is 67.3 Å². The molecule has 0 aromatic heterocycles. The minimum atomic E-state index is -0.884. The molecule has 0 saturated carbocycles. The number of nitrogens with zero attached hydrogens (tertiary/aromatic N) is 1. The Balaban J connectivity index is 3.25. The van der Waals surface area contributed by atoms with Gasteiger partial charge in [-0.05, 0) is 11.6 Å². The SMILES string of the molecule is N=Cc1ccc(F)c([N+](=O)[O-])c1. The maximum Gasteiger partial charge on any atom is 0.305 e. The van der Waals surface area contributed by atoms with Crippen molar-refractivity contribution in [3.05, 3.63) is 39.7 Å². The molecular weight excluding hydrogens is 163 g/mol. The lowest BCUT2D eigenvalue weighted by Gasteiger charge is -1.94. The van der Waals surface area contributed by atoms with Crippen LogP contribution in [-0.2, 0) is 0 Å². The number of benzene rings is 1. The molecule has 0 radical (unpaired) electrons. The Morgan fingerprint density at radius 3 is 2.75 bits per heavy atom. The van der Waals surface area contributed by atoms with Crippen LogP contribution < -0.4 is 0 Å². The van der Waals surface area contributed by atoms with Crippen molar-refractivity contribution in [3.63, 3.8) is 0 Å². The summed E-state index contributed by atoms with van der Waals surface area (Å²) in [6.07, 6.45) is 0.923. The molecular formula is C7H5FN2O2. The second-order valence-electron chi connectivity index (χ2n) is 2.11. The van der Waals surface area contributed by atoms with Gasteiger partial charge >= 0.3 is 5.69 Å². The normalized spacial score (nSPS) is 9.42. The minimum Gasteiger partial charge on any atom is -0.308 e. The molecule has 0 unspecified atom stereocenters. The van der Waals surface area contributed by atoms with E-state index in [1.807, 2.05) is 0 Å². The molecule has 0 aliphatic heterocycles. The first kappa shape index (κ1) is 8.32. The van der Waals surface area contributed by atoms with Gasteiger partial charge in [-0.15, -0.1) is 0 Å². The van der Waals surface area contributed by atoms with E-state index in [1.165, 1.54) is 6.07 Å². The predicted octanol–water partition coefficient (Wildman–Crippen LogP) is 1.73. The van der Waals surface area contributed by atoms with Crippen molar-refractivity contribution >= 4 is 11.9 Å². The molecule has 0 fully saturated rings. The van der Waals surface area contributed by atoms with Crippen LogP contribution in [0.1, 0.15) is 5.56 Å². The fraction of sp³-hybridized carbons (Fsp3) is 0. The smallest absolute Gasteiger partial charge is 0.305 e. The van der Waals surface area contributed by atoms with E-state index in [0.717, 1.165) is 18.3 Å². The lowest BCUT2D eigenvalue weighted by atomic mass is 10.2. The number of hydrogen-bond acceptors (Lipinski definition) is 3. The third-order valence-corrected chi connectivity index (χ3v) is 1.33. The van der Waals surface area contributed by atoms with Crippen LogP contribution in [-0.4, -0.2) is 11.1 Å². The van der Waals surface area contributed by atoms with Crippen molar-refractivity contribution in [2.75, 3.05) is 0 Å². The second kappa shape index (κ2) is 3.08. The summed E-state index contributed by atoms with van der Waals surface area (Å²) in [4.78, 5) is 9.36. The summed E-state index contributed by atoms with van der Waals surface area (Å²) in [5, 5.41) is 17.0. The zero-order valence-corrected chi connectivity index (χ0v) is 5.95. The van der Waals surface area contributed by atoms with Gasteiger partial charge in [0.15, 0.2) is 0 Å². The monoisotopic (exact) mass is 168 g/mol. The number of halogens is 1. The second-order valence-corrected chi connectivity index (χ2v) is 2.11. The van der Waals surface area contributed by atoms with Gasteiger partial charge in [-0.3, -0.25) is 10.1 Å². The maximum atomic E-state index is 12.6. The van der Waals surface area contributed by atoms with Crippen LogP contribution in [0.4, 0.5) is 10.1 Å². The van der Waals surface area contributed by atoms with Gasteiger partial charge in [0.2, 0.25) is 5.82 Å². The Morgan fingerprint density at radius 1 is 1.58 bits per heavy atom. The molecule has 0 aliphatic carbocycles. The molecule has 1 aromatic rings. The van der Waals surface area contributed by atoms with E-state index < -0.39 is 16.4 Å². The third kappa shape index (κ3) is 1.45. The molecule has 0 saturated heterocycles. The van der Waals surface area contributed by atoms with Crippen LogP contribution in [0, 0.1) is 21.3 Å². The lowest BCUT2D eigenvalue weighted by molar-refractivity contribution is -0.387.